The van der Waals surface area contributed by atoms with Gasteiger partial charge in [0.05, 0.1) is 6.61 Å². The molecule has 1 atom stereocenters. The minimum atomic E-state index is -0.823. The summed E-state index contributed by atoms with van der Waals surface area (Å²) in [5, 5.41) is 2.87. The lowest BCUT2D eigenvalue weighted by Crippen LogP contribution is -2.44. The predicted molar refractivity (Wildman–Crippen MR) is 126 cm³/mol. The summed E-state index contributed by atoms with van der Waals surface area (Å²) in [6.07, 6.45) is 0.812. The number of carbonyl (C=O) groups excluding carboxylic acids is 2. The van der Waals surface area contributed by atoms with Crippen LogP contribution in [0.15, 0.2) is 84.9 Å². The second kappa shape index (κ2) is 12.5. The maximum Gasteiger partial charge on any atom is 0.247 e. The van der Waals surface area contributed by atoms with Crippen LogP contribution in [0.25, 0.3) is 0 Å². The first-order valence-electron chi connectivity index (χ1n) is 11.0. The van der Waals surface area contributed by atoms with E-state index in [0.717, 1.165) is 11.1 Å². The van der Waals surface area contributed by atoms with Crippen molar-refractivity contribution >= 4 is 11.8 Å². The molecule has 0 aliphatic heterocycles. The van der Waals surface area contributed by atoms with Crippen molar-refractivity contribution < 1.29 is 18.7 Å². The Morgan fingerprint density at radius 1 is 0.909 bits per heavy atom. The Morgan fingerprint density at radius 2 is 1.55 bits per heavy atom. The first kappa shape index (κ1) is 24.1. The molecule has 0 aliphatic rings. The van der Waals surface area contributed by atoms with Gasteiger partial charge in [-0.15, -0.1) is 0 Å². The number of hydrogen-bond acceptors (Lipinski definition) is 3. The standard InChI is InChI=1S/C27H29FN2O3/c1-33-19-18-29-27(32)26(23-10-6-3-7-11-23)30(20-22-12-15-24(28)16-13-22)25(31)17-14-21-8-4-2-5-9-21/h2-13,15-16,26H,14,17-20H2,1H3,(H,29,32). The van der Waals surface area contributed by atoms with Gasteiger partial charge in [-0.1, -0.05) is 72.8 Å². The number of nitrogens with zero attached hydrogens (tertiary/aromatic N) is 1. The molecule has 3 aromatic carbocycles. The molecule has 3 rings (SSSR count). The van der Waals surface area contributed by atoms with Gasteiger partial charge in [0.25, 0.3) is 0 Å². The molecule has 0 saturated heterocycles. The Kier molecular flexibility index (Phi) is 9.15. The first-order chi connectivity index (χ1) is 16.1. The molecule has 172 valence electrons. The van der Waals surface area contributed by atoms with E-state index in [1.165, 1.54) is 12.1 Å². The number of ether oxygens (including phenoxy) is 1. The van der Waals surface area contributed by atoms with Crippen LogP contribution in [0.3, 0.4) is 0 Å². The fraction of sp³-hybridized carbons (Fsp3) is 0.259. The van der Waals surface area contributed by atoms with Gasteiger partial charge in [-0.05, 0) is 35.2 Å². The molecule has 6 heteroatoms. The number of rotatable bonds is 11. The Bertz CT molecular complexity index is 1010. The lowest BCUT2D eigenvalue weighted by atomic mass is 10.0. The van der Waals surface area contributed by atoms with Crippen LogP contribution >= 0.6 is 0 Å². The molecule has 0 heterocycles. The van der Waals surface area contributed by atoms with Crippen molar-refractivity contribution in [1.29, 1.82) is 0 Å². The number of aryl methyl sites for hydroxylation is 1. The quantitative estimate of drug-likeness (QED) is 0.445. The Hall–Kier alpha value is -3.51. The van der Waals surface area contributed by atoms with Crippen LogP contribution in [-0.4, -0.2) is 37.0 Å². The molecule has 0 spiro atoms. The third kappa shape index (κ3) is 7.26. The summed E-state index contributed by atoms with van der Waals surface area (Å²) in [4.78, 5) is 28.3. The van der Waals surface area contributed by atoms with E-state index in [2.05, 4.69) is 5.32 Å². The molecule has 33 heavy (non-hydrogen) atoms. The van der Waals surface area contributed by atoms with Crippen molar-refractivity contribution in [3.8, 4) is 0 Å². The molecule has 0 fully saturated rings. The first-order valence-corrected chi connectivity index (χ1v) is 11.0. The highest BCUT2D eigenvalue weighted by Gasteiger charge is 2.31. The van der Waals surface area contributed by atoms with E-state index in [-0.39, 0.29) is 30.6 Å². The van der Waals surface area contributed by atoms with Crippen molar-refractivity contribution in [1.82, 2.24) is 10.2 Å². The number of benzene rings is 3. The Morgan fingerprint density at radius 3 is 2.18 bits per heavy atom. The molecule has 5 nitrogen and oxygen atoms in total. The van der Waals surface area contributed by atoms with Crippen molar-refractivity contribution in [2.24, 2.45) is 0 Å². The van der Waals surface area contributed by atoms with Crippen LogP contribution in [0, 0.1) is 5.82 Å². The largest absolute Gasteiger partial charge is 0.383 e. The summed E-state index contributed by atoms with van der Waals surface area (Å²) in [6.45, 7) is 0.888. The molecule has 2 amide bonds. The zero-order valence-corrected chi connectivity index (χ0v) is 18.7. The number of nitrogens with one attached hydrogen (secondary N) is 1. The molecular weight excluding hydrogens is 419 g/mol. The van der Waals surface area contributed by atoms with Crippen molar-refractivity contribution in [3.63, 3.8) is 0 Å². The Labute approximate surface area is 194 Å². The van der Waals surface area contributed by atoms with E-state index in [4.69, 9.17) is 4.74 Å². The van der Waals surface area contributed by atoms with Gasteiger partial charge in [-0.3, -0.25) is 9.59 Å². The lowest BCUT2D eigenvalue weighted by molar-refractivity contribution is -0.141. The topological polar surface area (TPSA) is 58.6 Å². The second-order valence-corrected chi connectivity index (χ2v) is 7.73. The lowest BCUT2D eigenvalue weighted by Gasteiger charge is -2.32. The zero-order chi connectivity index (χ0) is 23.5. The Balaban J connectivity index is 1.90. The fourth-order valence-corrected chi connectivity index (χ4v) is 3.63. The minimum absolute atomic E-state index is 0.154. The van der Waals surface area contributed by atoms with Gasteiger partial charge < -0.3 is 15.0 Å². The molecule has 0 aliphatic carbocycles. The summed E-state index contributed by atoms with van der Waals surface area (Å²) < 4.78 is 18.5. The summed E-state index contributed by atoms with van der Waals surface area (Å²) >= 11 is 0. The number of halogens is 1. The van der Waals surface area contributed by atoms with Gasteiger partial charge in [0.2, 0.25) is 11.8 Å². The van der Waals surface area contributed by atoms with Crippen LogP contribution < -0.4 is 5.32 Å². The summed E-state index contributed by atoms with van der Waals surface area (Å²) in [7, 11) is 1.56. The van der Waals surface area contributed by atoms with E-state index in [1.807, 2.05) is 60.7 Å². The smallest absolute Gasteiger partial charge is 0.247 e. The maximum atomic E-state index is 13.5. The van der Waals surface area contributed by atoms with Gasteiger partial charge in [0.1, 0.15) is 11.9 Å². The fourth-order valence-electron chi connectivity index (χ4n) is 3.63. The normalized spacial score (nSPS) is 11.6. The van der Waals surface area contributed by atoms with Crippen LogP contribution in [0.4, 0.5) is 4.39 Å². The van der Waals surface area contributed by atoms with Gasteiger partial charge >= 0.3 is 0 Å². The molecule has 3 aromatic rings. The minimum Gasteiger partial charge on any atom is -0.383 e. The average molecular weight is 449 g/mol. The average Bonchev–Trinajstić information content (AvgIpc) is 2.85. The third-order valence-electron chi connectivity index (χ3n) is 5.34. The van der Waals surface area contributed by atoms with E-state index in [0.29, 0.717) is 25.1 Å². The molecule has 0 saturated carbocycles. The third-order valence-corrected chi connectivity index (χ3v) is 5.34. The highest BCUT2D eigenvalue weighted by molar-refractivity contribution is 5.88. The van der Waals surface area contributed by atoms with Crippen molar-refractivity contribution in [3.05, 3.63) is 107 Å². The second-order valence-electron chi connectivity index (χ2n) is 7.73. The van der Waals surface area contributed by atoms with Gasteiger partial charge in [-0.25, -0.2) is 4.39 Å². The van der Waals surface area contributed by atoms with Crippen molar-refractivity contribution in [2.75, 3.05) is 20.3 Å². The van der Waals surface area contributed by atoms with E-state index in [9.17, 15) is 14.0 Å². The maximum absolute atomic E-state index is 13.5. The molecule has 0 aromatic heterocycles. The zero-order valence-electron chi connectivity index (χ0n) is 18.7. The summed E-state index contributed by atoms with van der Waals surface area (Å²) in [6, 6.07) is 24.1. The number of amides is 2. The van der Waals surface area contributed by atoms with Crippen molar-refractivity contribution in [2.45, 2.75) is 25.4 Å². The van der Waals surface area contributed by atoms with E-state index < -0.39 is 6.04 Å². The summed E-state index contributed by atoms with van der Waals surface area (Å²) in [5.74, 6) is -0.787. The van der Waals surface area contributed by atoms with Gasteiger partial charge in [0, 0.05) is 26.6 Å². The van der Waals surface area contributed by atoms with Crippen LogP contribution in [0.2, 0.25) is 0 Å². The van der Waals surface area contributed by atoms with Crippen LogP contribution in [-0.2, 0) is 27.3 Å². The number of hydrogen-bond donors (Lipinski definition) is 1. The SMILES string of the molecule is COCCNC(=O)C(c1ccccc1)N(Cc1ccc(F)cc1)C(=O)CCc1ccccc1. The number of carbonyl (C=O) groups is 2. The monoisotopic (exact) mass is 448 g/mol. The highest BCUT2D eigenvalue weighted by Crippen LogP contribution is 2.25. The molecule has 1 unspecified atom stereocenters. The molecule has 1 N–H and O–H groups in total. The summed E-state index contributed by atoms with van der Waals surface area (Å²) in [5.41, 5.74) is 2.51. The highest BCUT2D eigenvalue weighted by atomic mass is 19.1. The van der Waals surface area contributed by atoms with E-state index >= 15 is 0 Å². The predicted octanol–water partition coefficient (Wildman–Crippen LogP) is 4.29. The van der Waals surface area contributed by atoms with Gasteiger partial charge in [-0.2, -0.15) is 0 Å². The molecule has 0 bridgehead atoms. The van der Waals surface area contributed by atoms with Gasteiger partial charge in [0.15, 0.2) is 0 Å². The van der Waals surface area contributed by atoms with Crippen LogP contribution in [0.1, 0.15) is 29.2 Å². The van der Waals surface area contributed by atoms with E-state index in [1.54, 1.807) is 24.1 Å². The molecule has 0 radical (unpaired) electrons. The number of methoxy groups -OCH3 is 1. The molecular formula is C27H29FN2O3. The van der Waals surface area contributed by atoms with Crippen LogP contribution in [0.5, 0.6) is 0 Å².